The molecule has 4 heteroatoms. The number of nitrogens with one attached hydrogen (secondary N) is 2. The quantitative estimate of drug-likeness (QED) is 0.607. The Morgan fingerprint density at radius 2 is 1.63 bits per heavy atom. The van der Waals surface area contributed by atoms with Gasteiger partial charge >= 0.3 is 0 Å². The molecule has 0 aromatic heterocycles. The maximum Gasteiger partial charge on any atom is 0.191 e. The first-order chi connectivity index (χ1) is 9.17. The third-order valence-corrected chi connectivity index (χ3v) is 2.70. The van der Waals surface area contributed by atoms with Gasteiger partial charge in [-0.3, -0.25) is 0 Å². The maximum absolute atomic E-state index is 4.62. The molecule has 0 saturated heterocycles. The highest BCUT2D eigenvalue weighted by molar-refractivity contribution is 5.79. The summed E-state index contributed by atoms with van der Waals surface area (Å²) in [5.74, 6) is 0.879. The van der Waals surface area contributed by atoms with Gasteiger partial charge in [0.2, 0.25) is 0 Å². The normalized spacial score (nSPS) is 10.4. The first-order valence-corrected chi connectivity index (χ1v) is 6.91. The Morgan fingerprint density at radius 3 is 2.16 bits per heavy atom. The number of hydrogen-bond donors (Lipinski definition) is 2. The van der Waals surface area contributed by atoms with Crippen LogP contribution in [0, 0.1) is 0 Å². The molecule has 19 heavy (non-hydrogen) atoms. The molecule has 0 aliphatic carbocycles. The van der Waals surface area contributed by atoms with Crippen LogP contribution in [-0.2, 0) is 13.1 Å². The van der Waals surface area contributed by atoms with Gasteiger partial charge in [0, 0.05) is 19.6 Å². The molecule has 0 radical (unpaired) electrons. The van der Waals surface area contributed by atoms with Crippen molar-refractivity contribution in [2.45, 2.75) is 26.9 Å². The zero-order chi connectivity index (χ0) is 14.1. The number of benzene rings is 1. The van der Waals surface area contributed by atoms with Crippen molar-refractivity contribution >= 4 is 5.96 Å². The van der Waals surface area contributed by atoms with Gasteiger partial charge in [-0.1, -0.05) is 24.3 Å². The topological polar surface area (TPSA) is 39.7 Å². The minimum absolute atomic E-state index is 0.708. The Bertz CT molecular complexity index is 391. The van der Waals surface area contributed by atoms with E-state index >= 15 is 0 Å². The molecule has 0 aliphatic heterocycles. The predicted octanol–water partition coefficient (Wildman–Crippen LogP) is 1.82. The lowest BCUT2D eigenvalue weighted by molar-refractivity contribution is 0.401. The van der Waals surface area contributed by atoms with Crippen molar-refractivity contribution in [3.63, 3.8) is 0 Å². The van der Waals surface area contributed by atoms with Crippen molar-refractivity contribution in [2.24, 2.45) is 4.99 Å². The second-order valence-corrected chi connectivity index (χ2v) is 4.73. The van der Waals surface area contributed by atoms with Gasteiger partial charge in [0.1, 0.15) is 0 Å². The second kappa shape index (κ2) is 8.53. The molecule has 0 spiro atoms. The minimum atomic E-state index is 0.708. The van der Waals surface area contributed by atoms with Crippen molar-refractivity contribution in [2.75, 3.05) is 27.2 Å². The fourth-order valence-corrected chi connectivity index (χ4v) is 1.88. The summed E-state index contributed by atoms with van der Waals surface area (Å²) in [6.45, 7) is 7.57. The highest BCUT2D eigenvalue weighted by atomic mass is 15.2. The van der Waals surface area contributed by atoms with Gasteiger partial charge in [-0.15, -0.1) is 0 Å². The summed E-state index contributed by atoms with van der Waals surface area (Å²) >= 11 is 0. The number of rotatable bonds is 6. The third-order valence-electron chi connectivity index (χ3n) is 2.70. The van der Waals surface area contributed by atoms with E-state index in [1.165, 1.54) is 11.1 Å². The summed E-state index contributed by atoms with van der Waals surface area (Å²) in [6, 6.07) is 8.48. The van der Waals surface area contributed by atoms with Gasteiger partial charge in [0.25, 0.3) is 0 Å². The van der Waals surface area contributed by atoms with E-state index in [4.69, 9.17) is 0 Å². The molecule has 0 amide bonds. The summed E-state index contributed by atoms with van der Waals surface area (Å²) in [5.41, 5.74) is 2.62. The molecule has 1 aromatic rings. The number of nitrogens with zero attached hydrogens (tertiary/aromatic N) is 2. The minimum Gasteiger partial charge on any atom is -0.357 e. The van der Waals surface area contributed by atoms with E-state index in [0.717, 1.165) is 25.6 Å². The largest absolute Gasteiger partial charge is 0.357 e. The van der Waals surface area contributed by atoms with Crippen molar-refractivity contribution < 1.29 is 0 Å². The highest BCUT2D eigenvalue weighted by Crippen LogP contribution is 2.11. The number of hydrogen-bond acceptors (Lipinski definition) is 2. The standard InChI is InChI=1S/C15H26N4/c1-5-16-15(17-6-2)18-11-13-9-7-8-10-14(13)12-19(3)4/h7-10H,5-6,11-12H2,1-4H3,(H2,16,17,18). The van der Waals surface area contributed by atoms with Gasteiger partial charge in [-0.05, 0) is 39.1 Å². The van der Waals surface area contributed by atoms with Gasteiger partial charge in [0.15, 0.2) is 5.96 Å². The van der Waals surface area contributed by atoms with Gasteiger partial charge in [-0.25, -0.2) is 4.99 Å². The van der Waals surface area contributed by atoms with E-state index in [1.807, 2.05) is 0 Å². The lowest BCUT2D eigenvalue weighted by Gasteiger charge is -2.14. The van der Waals surface area contributed by atoms with Crippen LogP contribution < -0.4 is 10.6 Å². The maximum atomic E-state index is 4.62. The number of aliphatic imine (C=N–C) groups is 1. The molecule has 106 valence electrons. The summed E-state index contributed by atoms with van der Waals surface area (Å²) in [5, 5.41) is 6.48. The van der Waals surface area contributed by atoms with Gasteiger partial charge < -0.3 is 15.5 Å². The molecule has 0 heterocycles. The van der Waals surface area contributed by atoms with E-state index in [9.17, 15) is 0 Å². The second-order valence-electron chi connectivity index (χ2n) is 4.73. The molecule has 2 N–H and O–H groups in total. The SMILES string of the molecule is CCNC(=NCc1ccccc1CN(C)C)NCC. The van der Waals surface area contributed by atoms with E-state index in [1.54, 1.807) is 0 Å². The smallest absolute Gasteiger partial charge is 0.191 e. The van der Waals surface area contributed by atoms with E-state index in [2.05, 4.69) is 72.7 Å². The predicted molar refractivity (Wildman–Crippen MR) is 82.3 cm³/mol. The zero-order valence-electron chi connectivity index (χ0n) is 12.5. The van der Waals surface area contributed by atoms with Gasteiger partial charge in [0.05, 0.1) is 6.54 Å². The summed E-state index contributed by atoms with van der Waals surface area (Å²) < 4.78 is 0. The van der Waals surface area contributed by atoms with Crippen LogP contribution in [-0.4, -0.2) is 38.0 Å². The molecule has 0 saturated carbocycles. The molecule has 1 aromatic carbocycles. The van der Waals surface area contributed by atoms with Crippen molar-refractivity contribution in [1.29, 1.82) is 0 Å². The van der Waals surface area contributed by atoms with Crippen LogP contribution in [0.1, 0.15) is 25.0 Å². The Morgan fingerprint density at radius 1 is 1.05 bits per heavy atom. The Labute approximate surface area is 116 Å². The van der Waals surface area contributed by atoms with E-state index < -0.39 is 0 Å². The summed E-state index contributed by atoms with van der Waals surface area (Å²) in [7, 11) is 4.17. The van der Waals surface area contributed by atoms with Crippen LogP contribution in [0.25, 0.3) is 0 Å². The highest BCUT2D eigenvalue weighted by Gasteiger charge is 2.03. The number of guanidine groups is 1. The average molecular weight is 262 g/mol. The fraction of sp³-hybridized carbons (Fsp3) is 0.533. The molecule has 0 unspecified atom stereocenters. The Kier molecular flexibility index (Phi) is 6.97. The van der Waals surface area contributed by atoms with Crippen LogP contribution in [0.3, 0.4) is 0 Å². The first-order valence-electron chi connectivity index (χ1n) is 6.91. The van der Waals surface area contributed by atoms with Gasteiger partial charge in [-0.2, -0.15) is 0 Å². The van der Waals surface area contributed by atoms with Crippen LogP contribution in [0.4, 0.5) is 0 Å². The molecular formula is C15H26N4. The molecule has 4 nitrogen and oxygen atoms in total. The fourth-order valence-electron chi connectivity index (χ4n) is 1.88. The molecule has 1 rings (SSSR count). The average Bonchev–Trinajstić information content (AvgIpc) is 2.37. The molecule has 0 aliphatic rings. The lowest BCUT2D eigenvalue weighted by atomic mass is 10.1. The van der Waals surface area contributed by atoms with E-state index in [0.29, 0.717) is 6.54 Å². The monoisotopic (exact) mass is 262 g/mol. The van der Waals surface area contributed by atoms with Crippen molar-refractivity contribution in [3.05, 3.63) is 35.4 Å². The van der Waals surface area contributed by atoms with E-state index in [-0.39, 0.29) is 0 Å². The first kappa shape index (κ1) is 15.5. The Balaban J connectivity index is 2.77. The van der Waals surface area contributed by atoms with Crippen LogP contribution in [0.5, 0.6) is 0 Å². The molecule has 0 bridgehead atoms. The van der Waals surface area contributed by atoms with Crippen LogP contribution in [0.15, 0.2) is 29.3 Å². The molecule has 0 atom stereocenters. The van der Waals surface area contributed by atoms with Crippen molar-refractivity contribution in [1.82, 2.24) is 15.5 Å². The molecular weight excluding hydrogens is 236 g/mol. The zero-order valence-corrected chi connectivity index (χ0v) is 12.5. The van der Waals surface area contributed by atoms with Crippen LogP contribution >= 0.6 is 0 Å². The summed E-state index contributed by atoms with van der Waals surface area (Å²) in [6.07, 6.45) is 0. The summed E-state index contributed by atoms with van der Waals surface area (Å²) in [4.78, 5) is 6.80. The third kappa shape index (κ3) is 5.75. The lowest BCUT2D eigenvalue weighted by Crippen LogP contribution is -2.37. The molecule has 0 fully saturated rings. The van der Waals surface area contributed by atoms with Crippen LogP contribution in [0.2, 0.25) is 0 Å². The van der Waals surface area contributed by atoms with Crippen molar-refractivity contribution in [3.8, 4) is 0 Å². The Hall–Kier alpha value is -1.55.